The van der Waals surface area contributed by atoms with Crippen LogP contribution >= 0.6 is 0 Å². The van der Waals surface area contributed by atoms with Gasteiger partial charge in [0.1, 0.15) is 0 Å². The van der Waals surface area contributed by atoms with Gasteiger partial charge in [0.25, 0.3) is 0 Å². The molecule has 0 spiro atoms. The van der Waals surface area contributed by atoms with Gasteiger partial charge in [0.2, 0.25) is 6.08 Å². The third-order valence-corrected chi connectivity index (χ3v) is 4.79. The van der Waals surface area contributed by atoms with E-state index < -0.39 is 0 Å². The van der Waals surface area contributed by atoms with Crippen molar-refractivity contribution in [2.24, 2.45) is 21.7 Å². The maximum absolute atomic E-state index is 9.98. The van der Waals surface area contributed by atoms with E-state index in [0.29, 0.717) is 6.54 Å². The zero-order chi connectivity index (χ0) is 11.6. The molecule has 2 saturated carbocycles. The van der Waals surface area contributed by atoms with Gasteiger partial charge in [0.15, 0.2) is 0 Å². The van der Waals surface area contributed by atoms with E-state index in [1.54, 1.807) is 6.08 Å². The van der Waals surface area contributed by atoms with Crippen molar-refractivity contribution < 1.29 is 4.79 Å². The van der Waals surface area contributed by atoms with E-state index in [1.165, 1.54) is 12.8 Å². The van der Waals surface area contributed by atoms with Gasteiger partial charge in [-0.25, -0.2) is 9.79 Å². The van der Waals surface area contributed by atoms with E-state index >= 15 is 0 Å². The molecule has 0 heterocycles. The maximum Gasteiger partial charge on any atom is 0.234 e. The van der Waals surface area contributed by atoms with Crippen LogP contribution < -0.4 is 0 Å². The Labute approximate surface area is 96.6 Å². The number of rotatable bonds is 4. The lowest BCUT2D eigenvalue weighted by Gasteiger charge is -2.40. The summed E-state index contributed by atoms with van der Waals surface area (Å²) in [5.74, 6) is 0.763. The molecule has 0 aromatic rings. The number of isocyanates is 1. The SMILES string of the molecule is CC1(CCCN=C=O)CC2CCC1(C#N)C2. The number of carbonyl (C=O) groups excluding carboxylic acids is 1. The number of hydrogen-bond donors (Lipinski definition) is 0. The first-order valence-electron chi connectivity index (χ1n) is 6.11. The van der Waals surface area contributed by atoms with Gasteiger partial charge in [-0.15, -0.1) is 0 Å². The Morgan fingerprint density at radius 2 is 2.31 bits per heavy atom. The maximum atomic E-state index is 9.98. The smallest absolute Gasteiger partial charge is 0.211 e. The summed E-state index contributed by atoms with van der Waals surface area (Å²) in [5.41, 5.74) is 0.0750. The molecule has 3 nitrogen and oxygen atoms in total. The number of nitrogens with zero attached hydrogens (tertiary/aromatic N) is 2. The highest BCUT2D eigenvalue weighted by atomic mass is 16.1. The molecule has 0 saturated heterocycles. The van der Waals surface area contributed by atoms with E-state index in [1.807, 2.05) is 0 Å². The average Bonchev–Trinajstić information content (AvgIpc) is 2.80. The van der Waals surface area contributed by atoms with Crippen LogP contribution in [0, 0.1) is 28.1 Å². The number of fused-ring (bicyclic) bond motifs is 2. The molecule has 2 rings (SSSR count). The van der Waals surface area contributed by atoms with E-state index in [-0.39, 0.29) is 10.8 Å². The molecule has 0 aliphatic heterocycles. The summed E-state index contributed by atoms with van der Waals surface area (Å²) in [4.78, 5) is 13.6. The third-order valence-electron chi connectivity index (χ3n) is 4.79. The van der Waals surface area contributed by atoms with Crippen molar-refractivity contribution in [1.82, 2.24) is 0 Å². The standard InChI is InChI=1S/C13H18N2O/c1-12(4-2-6-15-10-16)7-11-3-5-13(12,8-11)9-14/h11H,2-8H2,1H3. The molecule has 86 valence electrons. The first kappa shape index (κ1) is 11.4. The second-order valence-corrected chi connectivity index (χ2v) is 5.64. The average molecular weight is 218 g/mol. The lowest BCUT2D eigenvalue weighted by molar-refractivity contribution is 0.112. The minimum absolute atomic E-state index is 0.0808. The Bertz CT molecular complexity index is 367. The van der Waals surface area contributed by atoms with Crippen molar-refractivity contribution in [3.8, 4) is 6.07 Å². The largest absolute Gasteiger partial charge is 0.234 e. The highest BCUT2D eigenvalue weighted by Gasteiger charge is 2.58. The summed E-state index contributed by atoms with van der Waals surface area (Å²) in [6, 6.07) is 2.59. The van der Waals surface area contributed by atoms with Crippen LogP contribution in [0.3, 0.4) is 0 Å². The number of hydrogen-bond acceptors (Lipinski definition) is 3. The lowest BCUT2D eigenvalue weighted by atomic mass is 9.62. The van der Waals surface area contributed by atoms with Gasteiger partial charge in [0.05, 0.1) is 18.0 Å². The Hall–Kier alpha value is -1.13. The molecular weight excluding hydrogens is 200 g/mol. The molecule has 2 aliphatic rings. The van der Waals surface area contributed by atoms with Crippen molar-refractivity contribution in [2.45, 2.75) is 45.4 Å². The highest BCUT2D eigenvalue weighted by Crippen LogP contribution is 2.65. The summed E-state index contributed by atoms with van der Waals surface area (Å²) in [6.45, 7) is 2.81. The molecule has 0 amide bonds. The van der Waals surface area contributed by atoms with Crippen molar-refractivity contribution in [3.63, 3.8) is 0 Å². The Kier molecular flexibility index (Phi) is 2.86. The van der Waals surface area contributed by atoms with Gasteiger partial charge >= 0.3 is 0 Å². The summed E-state index contributed by atoms with van der Waals surface area (Å²) < 4.78 is 0. The van der Waals surface area contributed by atoms with Crippen molar-refractivity contribution in [3.05, 3.63) is 0 Å². The Balaban J connectivity index is 2.02. The van der Waals surface area contributed by atoms with E-state index in [4.69, 9.17) is 0 Å². The van der Waals surface area contributed by atoms with E-state index in [2.05, 4.69) is 18.0 Å². The first-order chi connectivity index (χ1) is 7.66. The van der Waals surface area contributed by atoms with Gasteiger partial charge in [-0.1, -0.05) is 6.92 Å². The first-order valence-corrected chi connectivity index (χ1v) is 6.11. The minimum atomic E-state index is -0.0808. The Morgan fingerprint density at radius 3 is 2.94 bits per heavy atom. The molecule has 2 aliphatic carbocycles. The lowest BCUT2D eigenvalue weighted by Crippen LogP contribution is -2.34. The molecule has 16 heavy (non-hydrogen) atoms. The van der Waals surface area contributed by atoms with Crippen LogP contribution in [-0.4, -0.2) is 12.6 Å². The van der Waals surface area contributed by atoms with Crippen LogP contribution in [0.4, 0.5) is 0 Å². The number of aliphatic imine (C=N–C) groups is 1. The van der Waals surface area contributed by atoms with Crippen molar-refractivity contribution in [2.75, 3.05) is 6.54 Å². The monoisotopic (exact) mass is 218 g/mol. The molecule has 0 N–H and O–H groups in total. The van der Waals surface area contributed by atoms with E-state index in [9.17, 15) is 10.1 Å². The Morgan fingerprint density at radius 1 is 1.50 bits per heavy atom. The van der Waals surface area contributed by atoms with Gasteiger partial charge in [-0.2, -0.15) is 5.26 Å². The molecule has 0 aromatic heterocycles. The summed E-state index contributed by atoms with van der Waals surface area (Å²) in [6.07, 6.45) is 8.08. The number of nitriles is 1. The highest BCUT2D eigenvalue weighted by molar-refractivity contribution is 5.32. The van der Waals surface area contributed by atoms with Crippen molar-refractivity contribution >= 4 is 6.08 Å². The van der Waals surface area contributed by atoms with Crippen molar-refractivity contribution in [1.29, 1.82) is 5.26 Å². The van der Waals surface area contributed by atoms with Gasteiger partial charge in [0, 0.05) is 0 Å². The molecule has 3 atom stereocenters. The summed E-state index contributed by atoms with van der Waals surface area (Å²) in [5, 5.41) is 9.45. The summed E-state index contributed by atoms with van der Waals surface area (Å²) in [7, 11) is 0. The second kappa shape index (κ2) is 4.03. The van der Waals surface area contributed by atoms with Gasteiger partial charge in [-0.3, -0.25) is 0 Å². The summed E-state index contributed by atoms with van der Waals surface area (Å²) >= 11 is 0. The predicted octanol–water partition coefficient (Wildman–Crippen LogP) is 2.82. The van der Waals surface area contributed by atoms with Crippen LogP contribution in [0.1, 0.15) is 45.4 Å². The molecular formula is C13H18N2O. The van der Waals surface area contributed by atoms with Crippen LogP contribution in [0.5, 0.6) is 0 Å². The molecule has 3 heteroatoms. The zero-order valence-corrected chi connectivity index (χ0v) is 9.83. The van der Waals surface area contributed by atoms with E-state index in [0.717, 1.165) is 31.6 Å². The molecule has 2 fully saturated rings. The van der Waals surface area contributed by atoms with Gasteiger partial charge in [-0.05, 0) is 49.9 Å². The van der Waals surface area contributed by atoms with Crippen LogP contribution in [-0.2, 0) is 4.79 Å². The quantitative estimate of drug-likeness (QED) is 0.414. The molecule has 0 radical (unpaired) electrons. The fourth-order valence-corrected chi connectivity index (χ4v) is 3.87. The fourth-order valence-electron chi connectivity index (χ4n) is 3.87. The third kappa shape index (κ3) is 1.58. The van der Waals surface area contributed by atoms with Crippen LogP contribution in [0.2, 0.25) is 0 Å². The zero-order valence-electron chi connectivity index (χ0n) is 9.83. The second-order valence-electron chi connectivity index (χ2n) is 5.64. The van der Waals surface area contributed by atoms with Crippen LogP contribution in [0.15, 0.2) is 4.99 Å². The minimum Gasteiger partial charge on any atom is -0.211 e. The molecule has 3 unspecified atom stereocenters. The molecule has 2 bridgehead atoms. The van der Waals surface area contributed by atoms with Crippen LogP contribution in [0.25, 0.3) is 0 Å². The topological polar surface area (TPSA) is 53.2 Å². The molecule has 0 aromatic carbocycles. The normalized spacial score (nSPS) is 40.4. The predicted molar refractivity (Wildman–Crippen MR) is 60.3 cm³/mol. The fraction of sp³-hybridized carbons (Fsp3) is 0.846. The van der Waals surface area contributed by atoms with Gasteiger partial charge < -0.3 is 0 Å².